The van der Waals surface area contributed by atoms with E-state index >= 15 is 0 Å². The van der Waals surface area contributed by atoms with Crippen LogP contribution >= 0.6 is 11.8 Å². The number of ether oxygens (including phenoxy) is 1. The van der Waals surface area contributed by atoms with Crippen LogP contribution in [0.3, 0.4) is 0 Å². The average Bonchev–Trinajstić information content (AvgIpc) is 2.60. The molecule has 0 saturated carbocycles. The molecule has 1 heterocycles. The van der Waals surface area contributed by atoms with Crippen LogP contribution in [0.5, 0.6) is 0 Å². The van der Waals surface area contributed by atoms with Gasteiger partial charge in [-0.25, -0.2) is 13.8 Å². The second-order valence-corrected chi connectivity index (χ2v) is 8.50. The minimum Gasteiger partial charge on any atom is -0.477 e. The zero-order valence-electron chi connectivity index (χ0n) is 15.3. The minimum atomic E-state index is -0.644. The molecule has 0 bridgehead atoms. The average molecular weight is 375 g/mol. The van der Waals surface area contributed by atoms with Crippen molar-refractivity contribution in [1.82, 2.24) is 0 Å². The molecule has 0 spiro atoms. The zero-order valence-corrected chi connectivity index (χ0v) is 16.1. The summed E-state index contributed by atoms with van der Waals surface area (Å²) in [6.07, 6.45) is 0.743. The third-order valence-electron chi connectivity index (χ3n) is 4.33. The molecule has 0 amide bonds. The Morgan fingerprint density at radius 3 is 2.35 bits per heavy atom. The SMILES string of the molecule is CC(C)(C)c1ccc(SCC2CCOC(c3c(F)cccc3F)=N2)cc1. The summed E-state index contributed by atoms with van der Waals surface area (Å²) in [6.45, 7) is 6.99. The molecule has 1 aliphatic rings. The summed E-state index contributed by atoms with van der Waals surface area (Å²) in [5, 5.41) is 0. The molecule has 0 aliphatic carbocycles. The number of aliphatic imine (C=N–C) groups is 1. The number of benzene rings is 2. The fourth-order valence-electron chi connectivity index (χ4n) is 2.76. The fourth-order valence-corrected chi connectivity index (χ4v) is 3.72. The number of rotatable bonds is 4. The molecule has 1 aliphatic heterocycles. The summed E-state index contributed by atoms with van der Waals surface area (Å²) >= 11 is 1.70. The summed E-state index contributed by atoms with van der Waals surface area (Å²) in [6, 6.07) is 12.3. The Balaban J connectivity index is 1.69. The van der Waals surface area contributed by atoms with Crippen LogP contribution in [-0.2, 0) is 10.2 Å². The number of hydrogen-bond donors (Lipinski definition) is 0. The van der Waals surface area contributed by atoms with E-state index in [1.54, 1.807) is 11.8 Å². The van der Waals surface area contributed by atoms with Gasteiger partial charge in [-0.2, -0.15) is 0 Å². The van der Waals surface area contributed by atoms with E-state index < -0.39 is 11.6 Å². The summed E-state index contributed by atoms with van der Waals surface area (Å²) in [5.74, 6) is -0.470. The third kappa shape index (κ3) is 4.44. The van der Waals surface area contributed by atoms with E-state index in [2.05, 4.69) is 50.0 Å². The molecular weight excluding hydrogens is 352 g/mol. The maximum atomic E-state index is 13.9. The first-order valence-corrected chi connectivity index (χ1v) is 9.71. The Hall–Kier alpha value is -1.88. The highest BCUT2D eigenvalue weighted by Gasteiger charge is 2.23. The molecule has 1 atom stereocenters. The van der Waals surface area contributed by atoms with Crippen molar-refractivity contribution in [2.45, 2.75) is 43.5 Å². The van der Waals surface area contributed by atoms with Gasteiger partial charge < -0.3 is 4.74 Å². The van der Waals surface area contributed by atoms with Gasteiger partial charge in [-0.1, -0.05) is 39.0 Å². The summed E-state index contributed by atoms with van der Waals surface area (Å²) < 4.78 is 33.3. The van der Waals surface area contributed by atoms with Crippen molar-refractivity contribution in [3.63, 3.8) is 0 Å². The highest BCUT2D eigenvalue weighted by atomic mass is 32.2. The molecule has 3 rings (SSSR count). The van der Waals surface area contributed by atoms with Crippen LogP contribution in [0.4, 0.5) is 8.78 Å². The van der Waals surface area contributed by atoms with Crippen LogP contribution in [0.25, 0.3) is 0 Å². The van der Waals surface area contributed by atoms with Crippen molar-refractivity contribution in [1.29, 1.82) is 0 Å². The molecule has 2 aromatic carbocycles. The second-order valence-electron chi connectivity index (χ2n) is 7.41. The smallest absolute Gasteiger partial charge is 0.222 e. The molecule has 1 unspecified atom stereocenters. The molecule has 2 nitrogen and oxygen atoms in total. The summed E-state index contributed by atoms with van der Waals surface area (Å²) in [5.41, 5.74) is 1.26. The summed E-state index contributed by atoms with van der Waals surface area (Å²) in [4.78, 5) is 5.60. The summed E-state index contributed by atoms with van der Waals surface area (Å²) in [7, 11) is 0. The predicted octanol–water partition coefficient (Wildman–Crippen LogP) is 5.59. The lowest BCUT2D eigenvalue weighted by molar-refractivity contribution is 0.264. The maximum Gasteiger partial charge on any atom is 0.222 e. The van der Waals surface area contributed by atoms with Gasteiger partial charge in [-0.3, -0.25) is 0 Å². The van der Waals surface area contributed by atoms with Gasteiger partial charge in [0, 0.05) is 17.1 Å². The number of halogens is 2. The molecule has 0 N–H and O–H groups in total. The first-order valence-electron chi connectivity index (χ1n) is 8.73. The Kier molecular flexibility index (Phi) is 5.66. The molecule has 138 valence electrons. The number of nitrogens with zero attached hydrogens (tertiary/aromatic N) is 1. The van der Waals surface area contributed by atoms with Crippen molar-refractivity contribution < 1.29 is 13.5 Å². The van der Waals surface area contributed by atoms with E-state index in [0.29, 0.717) is 6.61 Å². The van der Waals surface area contributed by atoms with Gasteiger partial charge in [0.2, 0.25) is 5.90 Å². The normalized spacial score (nSPS) is 17.6. The van der Waals surface area contributed by atoms with Crippen molar-refractivity contribution in [3.05, 3.63) is 65.2 Å². The minimum absolute atomic E-state index is 0.0231. The van der Waals surface area contributed by atoms with Crippen molar-refractivity contribution in [2.24, 2.45) is 4.99 Å². The Morgan fingerprint density at radius 1 is 1.08 bits per heavy atom. The van der Waals surface area contributed by atoms with Crippen LogP contribution in [0, 0.1) is 11.6 Å². The lowest BCUT2D eigenvalue weighted by Crippen LogP contribution is -2.25. The standard InChI is InChI=1S/C21H23F2NOS/c1-21(2,3)14-7-9-16(10-8-14)26-13-15-11-12-25-20(24-15)19-17(22)5-4-6-18(19)23/h4-10,15H,11-13H2,1-3H3. The Bertz CT molecular complexity index is 776. The highest BCUT2D eigenvalue weighted by Crippen LogP contribution is 2.27. The highest BCUT2D eigenvalue weighted by molar-refractivity contribution is 7.99. The molecule has 5 heteroatoms. The molecule has 0 aromatic heterocycles. The zero-order chi connectivity index (χ0) is 18.7. The molecule has 0 radical (unpaired) electrons. The van der Waals surface area contributed by atoms with Gasteiger partial charge in [0.1, 0.15) is 17.2 Å². The van der Waals surface area contributed by atoms with E-state index in [1.807, 2.05) is 0 Å². The van der Waals surface area contributed by atoms with Gasteiger partial charge in [0.25, 0.3) is 0 Å². The van der Waals surface area contributed by atoms with Crippen molar-refractivity contribution in [3.8, 4) is 0 Å². The lowest BCUT2D eigenvalue weighted by atomic mass is 9.87. The Labute approximate surface area is 157 Å². The fraction of sp³-hybridized carbons (Fsp3) is 0.381. The predicted molar refractivity (Wildman–Crippen MR) is 103 cm³/mol. The van der Waals surface area contributed by atoms with E-state index in [9.17, 15) is 8.78 Å². The van der Waals surface area contributed by atoms with Gasteiger partial charge in [-0.05, 0) is 35.2 Å². The van der Waals surface area contributed by atoms with Crippen molar-refractivity contribution in [2.75, 3.05) is 12.4 Å². The molecule has 2 aromatic rings. The largest absolute Gasteiger partial charge is 0.477 e. The maximum absolute atomic E-state index is 13.9. The van der Waals surface area contributed by atoms with Crippen LogP contribution in [0.2, 0.25) is 0 Å². The quantitative estimate of drug-likeness (QED) is 0.650. The second kappa shape index (κ2) is 7.78. The lowest BCUT2D eigenvalue weighted by Gasteiger charge is -2.22. The van der Waals surface area contributed by atoms with Crippen LogP contribution < -0.4 is 0 Å². The molecular formula is C21H23F2NOS. The van der Waals surface area contributed by atoms with Gasteiger partial charge >= 0.3 is 0 Å². The van der Waals surface area contributed by atoms with Crippen LogP contribution in [0.15, 0.2) is 52.4 Å². The van der Waals surface area contributed by atoms with E-state index in [0.717, 1.165) is 12.2 Å². The van der Waals surface area contributed by atoms with Crippen LogP contribution in [-0.4, -0.2) is 24.3 Å². The van der Waals surface area contributed by atoms with E-state index in [-0.39, 0.29) is 22.9 Å². The first-order chi connectivity index (χ1) is 12.3. The van der Waals surface area contributed by atoms with Crippen LogP contribution in [0.1, 0.15) is 38.3 Å². The monoisotopic (exact) mass is 375 g/mol. The van der Waals surface area contributed by atoms with E-state index in [4.69, 9.17) is 4.74 Å². The van der Waals surface area contributed by atoms with Gasteiger partial charge in [0.05, 0.1) is 12.6 Å². The molecule has 0 saturated heterocycles. The molecule has 0 fully saturated rings. The first kappa shape index (κ1) is 18.9. The topological polar surface area (TPSA) is 21.6 Å². The number of hydrogen-bond acceptors (Lipinski definition) is 3. The van der Waals surface area contributed by atoms with Gasteiger partial charge in [0.15, 0.2) is 0 Å². The number of thioether (sulfide) groups is 1. The molecule has 26 heavy (non-hydrogen) atoms. The third-order valence-corrected chi connectivity index (χ3v) is 5.49. The van der Waals surface area contributed by atoms with E-state index in [1.165, 1.54) is 28.7 Å². The van der Waals surface area contributed by atoms with Gasteiger partial charge in [-0.15, -0.1) is 11.8 Å². The Morgan fingerprint density at radius 2 is 1.73 bits per heavy atom. The van der Waals surface area contributed by atoms with Crippen molar-refractivity contribution >= 4 is 17.7 Å².